The standard InChI is InChI=1S/C26H26N6O6S/c1-16-13-14-27-26(28-16)31-39(35,36)21-11-5-18(6-12-21)29-17(2)24-22(15-23(33)38-4)30-32(25(24)34)19-7-9-20(37-3)10-8-19/h5-14,30H,15H2,1-4H3,(H,27,28,31). The van der Waals surface area contributed by atoms with Gasteiger partial charge in [0.05, 0.1) is 53.9 Å². The van der Waals surface area contributed by atoms with E-state index in [1.807, 2.05) is 0 Å². The van der Waals surface area contributed by atoms with Crippen molar-refractivity contribution in [2.75, 3.05) is 18.9 Å². The maximum absolute atomic E-state index is 13.4. The van der Waals surface area contributed by atoms with Crippen LogP contribution in [0.5, 0.6) is 5.75 Å². The van der Waals surface area contributed by atoms with Crippen LogP contribution in [0.15, 0.2) is 75.5 Å². The predicted molar refractivity (Wildman–Crippen MR) is 145 cm³/mol. The number of aromatic amines is 1. The number of nitrogens with zero attached hydrogens (tertiary/aromatic N) is 4. The summed E-state index contributed by atoms with van der Waals surface area (Å²) in [5, 5.41) is 2.97. The van der Waals surface area contributed by atoms with E-state index in [1.54, 1.807) is 51.3 Å². The highest BCUT2D eigenvalue weighted by molar-refractivity contribution is 7.92. The number of nitrogens with one attached hydrogen (secondary N) is 2. The number of aromatic nitrogens is 4. The lowest BCUT2D eigenvalue weighted by Crippen LogP contribution is -2.20. The molecule has 0 spiro atoms. The molecule has 39 heavy (non-hydrogen) atoms. The van der Waals surface area contributed by atoms with Crippen LogP contribution < -0.4 is 15.0 Å². The fraction of sp³-hybridized carbons (Fsp3) is 0.192. The topological polar surface area (TPSA) is 158 Å². The molecule has 0 atom stereocenters. The molecule has 0 unspecified atom stereocenters. The number of methoxy groups -OCH3 is 2. The van der Waals surface area contributed by atoms with Crippen LogP contribution in [0.3, 0.4) is 0 Å². The molecule has 2 heterocycles. The molecule has 0 radical (unpaired) electrons. The zero-order valence-corrected chi connectivity index (χ0v) is 22.4. The Morgan fingerprint density at radius 1 is 1.08 bits per heavy atom. The molecule has 0 aliphatic rings. The molecule has 4 rings (SSSR count). The summed E-state index contributed by atoms with van der Waals surface area (Å²) in [7, 11) is -1.13. The molecule has 0 saturated carbocycles. The molecular weight excluding hydrogens is 524 g/mol. The summed E-state index contributed by atoms with van der Waals surface area (Å²) in [5.74, 6) is 0.0525. The third-order valence-corrected chi connectivity index (χ3v) is 7.02. The van der Waals surface area contributed by atoms with E-state index in [1.165, 1.54) is 42.3 Å². The summed E-state index contributed by atoms with van der Waals surface area (Å²) < 4.78 is 39.1. The molecule has 2 aromatic carbocycles. The summed E-state index contributed by atoms with van der Waals surface area (Å²) in [5.41, 5.74) is 1.98. The lowest BCUT2D eigenvalue weighted by molar-refractivity contribution is -0.139. The molecule has 0 fully saturated rings. The zero-order valence-electron chi connectivity index (χ0n) is 21.6. The monoisotopic (exact) mass is 550 g/mol. The number of carbonyl (C=O) groups is 1. The Bertz CT molecular complexity index is 1690. The summed E-state index contributed by atoms with van der Waals surface area (Å²) >= 11 is 0. The second-order valence-corrected chi connectivity index (χ2v) is 10.1. The molecule has 13 heteroatoms. The first-order valence-corrected chi connectivity index (χ1v) is 13.1. The van der Waals surface area contributed by atoms with Gasteiger partial charge in [0, 0.05) is 11.9 Å². The maximum Gasteiger partial charge on any atom is 0.311 e. The predicted octanol–water partition coefficient (Wildman–Crippen LogP) is 2.93. The van der Waals surface area contributed by atoms with E-state index in [-0.39, 0.29) is 22.8 Å². The zero-order chi connectivity index (χ0) is 28.2. The van der Waals surface area contributed by atoms with Gasteiger partial charge in [0.1, 0.15) is 5.75 Å². The smallest absolute Gasteiger partial charge is 0.311 e. The number of hydrogen-bond donors (Lipinski definition) is 2. The van der Waals surface area contributed by atoms with Crippen LogP contribution in [0, 0.1) is 6.92 Å². The summed E-state index contributed by atoms with van der Waals surface area (Å²) in [4.78, 5) is 37.9. The van der Waals surface area contributed by atoms with Crippen molar-refractivity contribution in [1.82, 2.24) is 19.7 Å². The van der Waals surface area contributed by atoms with Crippen LogP contribution in [0.2, 0.25) is 0 Å². The van der Waals surface area contributed by atoms with Crippen LogP contribution in [-0.2, 0) is 26.0 Å². The van der Waals surface area contributed by atoms with E-state index in [2.05, 4.69) is 24.8 Å². The Kier molecular flexibility index (Phi) is 7.91. The fourth-order valence-electron chi connectivity index (χ4n) is 3.74. The Labute approximate surface area is 224 Å². The Morgan fingerprint density at radius 2 is 1.77 bits per heavy atom. The van der Waals surface area contributed by atoms with Gasteiger partial charge in [-0.3, -0.25) is 19.7 Å². The SMILES string of the molecule is COC(=O)Cc1[nH]n(-c2ccc(OC)cc2)c(=O)c1C(C)=Nc1ccc(S(=O)(=O)Nc2nccc(C)n2)cc1. The first-order chi connectivity index (χ1) is 18.6. The highest BCUT2D eigenvalue weighted by atomic mass is 32.2. The number of hydrogen-bond acceptors (Lipinski definition) is 9. The number of ether oxygens (including phenoxy) is 2. The van der Waals surface area contributed by atoms with Gasteiger partial charge in [-0.2, -0.15) is 0 Å². The molecule has 202 valence electrons. The highest BCUT2D eigenvalue weighted by Crippen LogP contribution is 2.21. The largest absolute Gasteiger partial charge is 0.497 e. The molecule has 2 aromatic heterocycles. The van der Waals surface area contributed by atoms with E-state index < -0.39 is 21.6 Å². The number of sulfonamides is 1. The number of aliphatic imine (C=N–C) groups is 1. The van der Waals surface area contributed by atoms with Crippen LogP contribution in [0.25, 0.3) is 5.69 Å². The summed E-state index contributed by atoms with van der Waals surface area (Å²) in [6.45, 7) is 3.35. The number of aryl methyl sites for hydroxylation is 1. The number of carbonyl (C=O) groups excluding carboxylic acids is 1. The minimum Gasteiger partial charge on any atom is -0.497 e. The van der Waals surface area contributed by atoms with Crippen molar-refractivity contribution in [3.63, 3.8) is 0 Å². The number of benzene rings is 2. The quantitative estimate of drug-likeness (QED) is 0.238. The lowest BCUT2D eigenvalue weighted by Gasteiger charge is -2.07. The van der Waals surface area contributed by atoms with E-state index in [4.69, 9.17) is 9.47 Å². The third-order valence-electron chi connectivity index (χ3n) is 5.67. The second kappa shape index (κ2) is 11.3. The van der Waals surface area contributed by atoms with E-state index in [0.29, 0.717) is 34.2 Å². The van der Waals surface area contributed by atoms with Gasteiger partial charge in [-0.25, -0.2) is 27.8 Å². The number of rotatable bonds is 9. The van der Waals surface area contributed by atoms with E-state index >= 15 is 0 Å². The van der Waals surface area contributed by atoms with Crippen LogP contribution >= 0.6 is 0 Å². The number of esters is 1. The number of anilines is 1. The van der Waals surface area contributed by atoms with Crippen molar-refractivity contribution in [2.24, 2.45) is 4.99 Å². The van der Waals surface area contributed by atoms with Crippen molar-refractivity contribution in [3.05, 3.63) is 88.1 Å². The van der Waals surface area contributed by atoms with Gasteiger partial charge in [-0.1, -0.05) is 0 Å². The van der Waals surface area contributed by atoms with Gasteiger partial charge in [0.2, 0.25) is 5.95 Å². The van der Waals surface area contributed by atoms with Crippen molar-refractivity contribution >= 4 is 33.3 Å². The molecular formula is C26H26N6O6S. The average Bonchev–Trinajstić information content (AvgIpc) is 3.24. The Morgan fingerprint density at radius 3 is 2.38 bits per heavy atom. The molecule has 4 aromatic rings. The van der Waals surface area contributed by atoms with Crippen molar-refractivity contribution in [1.29, 1.82) is 0 Å². The first-order valence-electron chi connectivity index (χ1n) is 11.6. The van der Waals surface area contributed by atoms with Gasteiger partial charge in [0.15, 0.2) is 0 Å². The van der Waals surface area contributed by atoms with E-state index in [9.17, 15) is 18.0 Å². The van der Waals surface area contributed by atoms with Gasteiger partial charge in [-0.05, 0) is 68.4 Å². The average molecular weight is 551 g/mol. The molecule has 0 bridgehead atoms. The third kappa shape index (κ3) is 6.21. The Balaban J connectivity index is 1.66. The fourth-order valence-corrected chi connectivity index (χ4v) is 4.69. The second-order valence-electron chi connectivity index (χ2n) is 8.38. The highest BCUT2D eigenvalue weighted by Gasteiger charge is 2.21. The maximum atomic E-state index is 13.4. The summed E-state index contributed by atoms with van der Waals surface area (Å²) in [6, 6.07) is 14.2. The van der Waals surface area contributed by atoms with Crippen LogP contribution in [-0.4, -0.2) is 54.1 Å². The van der Waals surface area contributed by atoms with Gasteiger partial charge in [-0.15, -0.1) is 0 Å². The molecule has 0 aliphatic carbocycles. The molecule has 12 nitrogen and oxygen atoms in total. The molecule has 0 saturated heterocycles. The lowest BCUT2D eigenvalue weighted by atomic mass is 10.1. The van der Waals surface area contributed by atoms with Crippen LogP contribution in [0.4, 0.5) is 11.6 Å². The Hall–Kier alpha value is -4.78. The van der Waals surface area contributed by atoms with Crippen molar-refractivity contribution < 1.29 is 22.7 Å². The number of H-pyrrole nitrogens is 1. The molecule has 0 amide bonds. The normalized spacial score (nSPS) is 11.7. The minimum absolute atomic E-state index is 0.0147. The minimum atomic E-state index is -3.93. The molecule has 2 N–H and O–H groups in total. The van der Waals surface area contributed by atoms with E-state index in [0.717, 1.165) is 0 Å². The summed E-state index contributed by atoms with van der Waals surface area (Å²) in [6.07, 6.45) is 1.28. The van der Waals surface area contributed by atoms with Gasteiger partial charge >= 0.3 is 5.97 Å². The van der Waals surface area contributed by atoms with Crippen LogP contribution in [0.1, 0.15) is 23.9 Å². The van der Waals surface area contributed by atoms with Gasteiger partial charge < -0.3 is 9.47 Å². The van der Waals surface area contributed by atoms with Crippen molar-refractivity contribution in [3.8, 4) is 11.4 Å². The van der Waals surface area contributed by atoms with Gasteiger partial charge in [0.25, 0.3) is 15.6 Å². The first kappa shape index (κ1) is 27.3. The molecule has 0 aliphatic heterocycles. The van der Waals surface area contributed by atoms with Crippen molar-refractivity contribution in [2.45, 2.75) is 25.2 Å².